The fraction of sp³-hybridized carbons (Fsp3) is 0.176. The standard InChI is InChI=1S/C17H17FN6O/c1-12(13(18)4-2-6-19)11-24-16(14-5-9-25-23-14)10-15(22-24)17-20-7-3-8-21-17/h2-10,12H,11,19H2,1H3/b6-2-,13-4+/t12-/m1/s1. The zero-order valence-electron chi connectivity index (χ0n) is 13.6. The largest absolute Gasteiger partial charge is 0.405 e. The highest BCUT2D eigenvalue weighted by Crippen LogP contribution is 2.25. The summed E-state index contributed by atoms with van der Waals surface area (Å²) in [5, 5.41) is 8.46. The van der Waals surface area contributed by atoms with Crippen LogP contribution in [0.2, 0.25) is 0 Å². The smallest absolute Gasteiger partial charge is 0.180 e. The van der Waals surface area contributed by atoms with E-state index in [1.165, 1.54) is 24.6 Å². The summed E-state index contributed by atoms with van der Waals surface area (Å²) in [5.74, 6) is -0.201. The molecule has 8 heteroatoms. The van der Waals surface area contributed by atoms with Gasteiger partial charge in [-0.05, 0) is 30.5 Å². The lowest BCUT2D eigenvalue weighted by atomic mass is 10.1. The quantitative estimate of drug-likeness (QED) is 0.693. The zero-order chi connectivity index (χ0) is 17.6. The van der Waals surface area contributed by atoms with E-state index in [-0.39, 0.29) is 5.83 Å². The van der Waals surface area contributed by atoms with Gasteiger partial charge in [-0.25, -0.2) is 14.4 Å². The summed E-state index contributed by atoms with van der Waals surface area (Å²) >= 11 is 0. The second-order valence-corrected chi connectivity index (χ2v) is 5.39. The second-order valence-electron chi connectivity index (χ2n) is 5.39. The topological polar surface area (TPSA) is 95.6 Å². The molecule has 0 aromatic carbocycles. The molecule has 128 valence electrons. The van der Waals surface area contributed by atoms with Gasteiger partial charge in [-0.15, -0.1) is 0 Å². The van der Waals surface area contributed by atoms with Crippen molar-refractivity contribution < 1.29 is 8.91 Å². The van der Waals surface area contributed by atoms with Gasteiger partial charge in [-0.1, -0.05) is 12.1 Å². The van der Waals surface area contributed by atoms with E-state index < -0.39 is 5.92 Å². The van der Waals surface area contributed by atoms with Crippen LogP contribution in [0.25, 0.3) is 22.9 Å². The van der Waals surface area contributed by atoms with Crippen LogP contribution in [0.1, 0.15) is 6.92 Å². The predicted molar refractivity (Wildman–Crippen MR) is 90.4 cm³/mol. The van der Waals surface area contributed by atoms with Gasteiger partial charge in [0.2, 0.25) is 0 Å². The third kappa shape index (κ3) is 3.79. The minimum absolute atomic E-state index is 0.291. The van der Waals surface area contributed by atoms with Crippen molar-refractivity contribution >= 4 is 0 Å². The Kier molecular flexibility index (Phi) is 4.98. The summed E-state index contributed by atoms with van der Waals surface area (Å²) in [6.07, 6.45) is 8.83. The van der Waals surface area contributed by atoms with Crippen molar-refractivity contribution in [1.82, 2.24) is 24.9 Å². The van der Waals surface area contributed by atoms with Gasteiger partial charge in [0.15, 0.2) is 5.82 Å². The molecule has 3 heterocycles. The molecule has 0 radical (unpaired) electrons. The van der Waals surface area contributed by atoms with Crippen LogP contribution < -0.4 is 5.73 Å². The van der Waals surface area contributed by atoms with Crippen molar-refractivity contribution in [3.8, 4) is 22.9 Å². The number of nitrogens with two attached hydrogens (primary N) is 1. The first kappa shape index (κ1) is 16.6. The fourth-order valence-electron chi connectivity index (χ4n) is 2.31. The molecule has 7 nitrogen and oxygen atoms in total. The molecule has 0 aliphatic rings. The van der Waals surface area contributed by atoms with Crippen molar-refractivity contribution in [3.05, 3.63) is 61.0 Å². The molecule has 0 fully saturated rings. The van der Waals surface area contributed by atoms with E-state index in [2.05, 4.69) is 20.2 Å². The first-order valence-corrected chi connectivity index (χ1v) is 7.69. The van der Waals surface area contributed by atoms with Gasteiger partial charge in [0.05, 0.1) is 12.2 Å². The van der Waals surface area contributed by atoms with Crippen LogP contribution in [0.15, 0.2) is 65.6 Å². The molecule has 0 amide bonds. The first-order chi connectivity index (χ1) is 12.2. The van der Waals surface area contributed by atoms with Crippen molar-refractivity contribution in [2.24, 2.45) is 11.7 Å². The SMILES string of the molecule is C[C@H](Cn1nc(-c2ncccn2)cc1-c1ccon1)/C(F)=C\C=C/N. The minimum Gasteiger partial charge on any atom is -0.405 e. The Morgan fingerprint density at radius 2 is 2.16 bits per heavy atom. The summed E-state index contributed by atoms with van der Waals surface area (Å²) in [6.45, 7) is 2.08. The number of hydrogen-bond acceptors (Lipinski definition) is 6. The summed E-state index contributed by atoms with van der Waals surface area (Å²) in [4.78, 5) is 8.40. The molecule has 2 N–H and O–H groups in total. The Hall–Kier alpha value is -3.29. The van der Waals surface area contributed by atoms with Crippen LogP contribution in [0.4, 0.5) is 4.39 Å². The second kappa shape index (κ2) is 7.52. The van der Waals surface area contributed by atoms with E-state index in [1.54, 1.807) is 42.2 Å². The van der Waals surface area contributed by atoms with Crippen LogP contribution >= 0.6 is 0 Å². The van der Waals surface area contributed by atoms with E-state index in [9.17, 15) is 4.39 Å². The predicted octanol–water partition coefficient (Wildman–Crippen LogP) is 2.96. The maximum absolute atomic E-state index is 14.1. The molecule has 1 atom stereocenters. The van der Waals surface area contributed by atoms with Crippen LogP contribution in [0.3, 0.4) is 0 Å². The Bertz CT molecular complexity index is 870. The summed E-state index contributed by atoms with van der Waals surface area (Å²) in [5.41, 5.74) is 7.13. The van der Waals surface area contributed by atoms with Crippen LogP contribution in [0.5, 0.6) is 0 Å². The number of halogens is 1. The van der Waals surface area contributed by atoms with E-state index in [0.29, 0.717) is 29.5 Å². The van der Waals surface area contributed by atoms with Gasteiger partial charge in [-0.2, -0.15) is 5.10 Å². The molecule has 0 aliphatic carbocycles. The van der Waals surface area contributed by atoms with Crippen LogP contribution in [-0.2, 0) is 6.54 Å². The van der Waals surface area contributed by atoms with E-state index in [0.717, 1.165) is 0 Å². The van der Waals surface area contributed by atoms with Gasteiger partial charge in [0.1, 0.15) is 23.5 Å². The first-order valence-electron chi connectivity index (χ1n) is 7.69. The molecule has 0 spiro atoms. The summed E-state index contributed by atoms with van der Waals surface area (Å²) < 4.78 is 20.7. The van der Waals surface area contributed by atoms with Crippen LogP contribution in [-0.4, -0.2) is 24.9 Å². The molecule has 0 saturated carbocycles. The maximum atomic E-state index is 14.1. The van der Waals surface area contributed by atoms with E-state index in [1.807, 2.05) is 0 Å². The molecule has 0 aliphatic heterocycles. The van der Waals surface area contributed by atoms with Crippen molar-refractivity contribution in [3.63, 3.8) is 0 Å². The van der Waals surface area contributed by atoms with Gasteiger partial charge in [-0.3, -0.25) is 4.68 Å². The molecule has 3 rings (SSSR count). The number of nitrogens with zero attached hydrogens (tertiary/aromatic N) is 5. The molecule has 0 saturated heterocycles. The molecule has 3 aromatic rings. The summed E-state index contributed by atoms with van der Waals surface area (Å²) in [7, 11) is 0. The van der Waals surface area contributed by atoms with Crippen molar-refractivity contribution in [2.75, 3.05) is 0 Å². The molecular formula is C17H17FN6O. The highest BCUT2D eigenvalue weighted by atomic mass is 19.1. The van der Waals surface area contributed by atoms with E-state index >= 15 is 0 Å². The lowest BCUT2D eigenvalue weighted by Crippen LogP contribution is -2.11. The Balaban J connectivity index is 1.96. The normalized spacial score (nSPS) is 13.4. The molecule has 25 heavy (non-hydrogen) atoms. The third-order valence-corrected chi connectivity index (χ3v) is 3.56. The molecule has 0 bridgehead atoms. The lowest BCUT2D eigenvalue weighted by Gasteiger charge is -2.11. The third-order valence-electron chi connectivity index (χ3n) is 3.56. The number of allylic oxidation sites excluding steroid dienone is 3. The Morgan fingerprint density at radius 3 is 2.84 bits per heavy atom. The van der Waals surface area contributed by atoms with Crippen molar-refractivity contribution in [1.29, 1.82) is 0 Å². The monoisotopic (exact) mass is 340 g/mol. The highest BCUT2D eigenvalue weighted by molar-refractivity contribution is 5.62. The van der Waals surface area contributed by atoms with Crippen molar-refractivity contribution in [2.45, 2.75) is 13.5 Å². The highest BCUT2D eigenvalue weighted by Gasteiger charge is 2.18. The minimum atomic E-state index is -0.397. The number of rotatable bonds is 6. The number of aromatic nitrogens is 5. The average Bonchev–Trinajstić information content (AvgIpc) is 3.30. The summed E-state index contributed by atoms with van der Waals surface area (Å²) in [6, 6.07) is 5.25. The van der Waals surface area contributed by atoms with Gasteiger partial charge >= 0.3 is 0 Å². The average molecular weight is 340 g/mol. The van der Waals surface area contributed by atoms with Gasteiger partial charge in [0.25, 0.3) is 0 Å². The zero-order valence-corrected chi connectivity index (χ0v) is 13.6. The van der Waals surface area contributed by atoms with Crippen LogP contribution in [0, 0.1) is 5.92 Å². The number of hydrogen-bond donors (Lipinski definition) is 1. The Labute approximate surface area is 143 Å². The Morgan fingerprint density at radius 1 is 1.36 bits per heavy atom. The fourth-order valence-corrected chi connectivity index (χ4v) is 2.31. The van der Waals surface area contributed by atoms with E-state index in [4.69, 9.17) is 10.3 Å². The lowest BCUT2D eigenvalue weighted by molar-refractivity contribution is 0.413. The molecule has 3 aromatic heterocycles. The molecule has 0 unspecified atom stereocenters. The maximum Gasteiger partial charge on any atom is 0.180 e. The molecular weight excluding hydrogens is 323 g/mol. The van der Waals surface area contributed by atoms with Gasteiger partial charge < -0.3 is 10.3 Å². The van der Waals surface area contributed by atoms with Gasteiger partial charge in [0, 0.05) is 24.4 Å².